The van der Waals surface area contributed by atoms with E-state index >= 15 is 0 Å². The van der Waals surface area contributed by atoms with Crippen LogP contribution in [0.15, 0.2) is 18.2 Å². The highest BCUT2D eigenvalue weighted by Gasteiger charge is 2.24. The second-order valence-corrected chi connectivity index (χ2v) is 4.99. The van der Waals surface area contributed by atoms with Crippen LogP contribution in [0.4, 0.5) is 0 Å². The molecule has 1 aliphatic rings. The van der Waals surface area contributed by atoms with Gasteiger partial charge in [-0.05, 0) is 43.2 Å². The number of carbonyl (C=O) groups is 1. The molecule has 0 atom stereocenters. The van der Waals surface area contributed by atoms with E-state index in [1.807, 2.05) is 0 Å². The summed E-state index contributed by atoms with van der Waals surface area (Å²) in [4.78, 5) is 11.0. The van der Waals surface area contributed by atoms with Gasteiger partial charge in [-0.3, -0.25) is 4.79 Å². The summed E-state index contributed by atoms with van der Waals surface area (Å²) < 4.78 is 0. The molecule has 1 amide bonds. The van der Waals surface area contributed by atoms with Crippen molar-refractivity contribution >= 4 is 5.91 Å². The van der Waals surface area contributed by atoms with E-state index in [2.05, 4.69) is 5.32 Å². The lowest BCUT2D eigenvalue weighted by Crippen LogP contribution is -2.35. The van der Waals surface area contributed by atoms with Crippen LogP contribution < -0.4 is 5.32 Å². The van der Waals surface area contributed by atoms with Crippen molar-refractivity contribution in [2.45, 2.75) is 44.6 Å². The molecule has 0 aliphatic heterocycles. The lowest BCUT2D eigenvalue weighted by Gasteiger charge is -2.29. The molecule has 0 bridgehead atoms. The molecular weight excluding hydrogens is 230 g/mol. The zero-order chi connectivity index (χ0) is 13.1. The Bertz CT molecular complexity index is 437. The van der Waals surface area contributed by atoms with Crippen LogP contribution in [0.25, 0.3) is 0 Å². The Morgan fingerprint density at radius 1 is 1.22 bits per heavy atom. The molecule has 0 heterocycles. The van der Waals surface area contributed by atoms with Gasteiger partial charge in [-0.2, -0.15) is 0 Å². The molecule has 1 fully saturated rings. The van der Waals surface area contributed by atoms with Crippen LogP contribution >= 0.6 is 0 Å². The Hall–Kier alpha value is -1.71. The first-order chi connectivity index (χ1) is 8.56. The normalized spacial score (nSPS) is 23.6. The van der Waals surface area contributed by atoms with Gasteiger partial charge in [-0.15, -0.1) is 0 Å². The molecule has 2 rings (SSSR count). The van der Waals surface area contributed by atoms with Crippen LogP contribution in [0.3, 0.4) is 0 Å². The van der Waals surface area contributed by atoms with Gasteiger partial charge in [0.25, 0.3) is 0 Å². The van der Waals surface area contributed by atoms with E-state index in [-0.39, 0.29) is 23.4 Å². The minimum atomic E-state index is 0.0194. The van der Waals surface area contributed by atoms with Crippen LogP contribution in [-0.4, -0.2) is 22.2 Å². The van der Waals surface area contributed by atoms with Gasteiger partial charge in [0, 0.05) is 19.0 Å². The first-order valence-corrected chi connectivity index (χ1v) is 6.35. The molecule has 1 aromatic carbocycles. The molecule has 1 aliphatic carbocycles. The van der Waals surface area contributed by atoms with Crippen molar-refractivity contribution < 1.29 is 15.0 Å². The second kappa shape index (κ2) is 5.29. The first kappa shape index (κ1) is 12.7. The van der Waals surface area contributed by atoms with Gasteiger partial charge in [0.05, 0.1) is 0 Å². The maximum absolute atomic E-state index is 11.0. The molecule has 0 radical (unpaired) electrons. The quantitative estimate of drug-likeness (QED) is 0.753. The zero-order valence-electron chi connectivity index (χ0n) is 10.5. The number of nitrogens with one attached hydrogen (secondary N) is 1. The molecule has 4 heteroatoms. The SMILES string of the molecule is CC(=O)NC1CCC(c2ccc(O)cc2O)CC1. The number of rotatable bonds is 2. The standard InChI is InChI=1S/C14H19NO3/c1-9(16)15-11-4-2-10(3-5-11)13-7-6-12(17)8-14(13)18/h6-8,10-11,17-18H,2-5H2,1H3,(H,15,16). The van der Waals surface area contributed by atoms with Crippen molar-refractivity contribution in [2.24, 2.45) is 0 Å². The van der Waals surface area contributed by atoms with Crippen LogP contribution in [0.5, 0.6) is 11.5 Å². The number of phenolic OH excluding ortho intramolecular Hbond substituents is 2. The summed E-state index contributed by atoms with van der Waals surface area (Å²) in [5.41, 5.74) is 0.897. The van der Waals surface area contributed by atoms with Crippen molar-refractivity contribution in [3.05, 3.63) is 23.8 Å². The van der Waals surface area contributed by atoms with Crippen molar-refractivity contribution in [1.29, 1.82) is 0 Å². The third kappa shape index (κ3) is 2.94. The topological polar surface area (TPSA) is 69.6 Å². The highest BCUT2D eigenvalue weighted by atomic mass is 16.3. The summed E-state index contributed by atoms with van der Waals surface area (Å²) in [6.07, 6.45) is 3.77. The van der Waals surface area contributed by atoms with Gasteiger partial charge in [-0.25, -0.2) is 0 Å². The van der Waals surface area contributed by atoms with Crippen LogP contribution in [0, 0.1) is 0 Å². The molecule has 3 N–H and O–H groups in total. The molecule has 4 nitrogen and oxygen atoms in total. The Kier molecular flexibility index (Phi) is 3.75. The van der Waals surface area contributed by atoms with Crippen LogP contribution in [0.2, 0.25) is 0 Å². The predicted octanol–water partition coefficient (Wildman–Crippen LogP) is 2.26. The maximum Gasteiger partial charge on any atom is 0.217 e. The second-order valence-electron chi connectivity index (χ2n) is 4.99. The Labute approximate surface area is 107 Å². The minimum Gasteiger partial charge on any atom is -0.508 e. The zero-order valence-corrected chi connectivity index (χ0v) is 10.5. The van der Waals surface area contributed by atoms with Gasteiger partial charge >= 0.3 is 0 Å². The van der Waals surface area contributed by atoms with E-state index in [4.69, 9.17) is 0 Å². The summed E-state index contributed by atoms with van der Waals surface area (Å²) in [5, 5.41) is 22.0. The highest BCUT2D eigenvalue weighted by molar-refractivity contribution is 5.73. The molecule has 98 valence electrons. The van der Waals surface area contributed by atoms with E-state index < -0.39 is 0 Å². The number of phenols is 2. The van der Waals surface area contributed by atoms with Crippen LogP contribution in [0.1, 0.15) is 44.1 Å². The number of carbonyl (C=O) groups excluding carboxylic acids is 1. The summed E-state index contributed by atoms with van der Waals surface area (Å²) in [6, 6.07) is 5.04. The molecule has 0 spiro atoms. The highest BCUT2D eigenvalue weighted by Crippen LogP contribution is 2.38. The Balaban J connectivity index is 1.99. The smallest absolute Gasteiger partial charge is 0.217 e. The number of amides is 1. The van der Waals surface area contributed by atoms with Gasteiger partial charge in [0.1, 0.15) is 11.5 Å². The third-order valence-corrected chi connectivity index (χ3v) is 3.59. The largest absolute Gasteiger partial charge is 0.508 e. The summed E-state index contributed by atoms with van der Waals surface area (Å²) in [6.45, 7) is 1.54. The fourth-order valence-corrected chi connectivity index (χ4v) is 2.71. The van der Waals surface area contributed by atoms with Crippen LogP contribution in [-0.2, 0) is 4.79 Å². The minimum absolute atomic E-state index is 0.0194. The third-order valence-electron chi connectivity index (χ3n) is 3.59. The molecule has 1 saturated carbocycles. The number of hydrogen-bond donors (Lipinski definition) is 3. The predicted molar refractivity (Wildman–Crippen MR) is 68.6 cm³/mol. The monoisotopic (exact) mass is 249 g/mol. The molecular formula is C14H19NO3. The number of hydrogen-bond acceptors (Lipinski definition) is 3. The lowest BCUT2D eigenvalue weighted by molar-refractivity contribution is -0.119. The first-order valence-electron chi connectivity index (χ1n) is 6.35. The summed E-state index contributed by atoms with van der Waals surface area (Å²) in [7, 11) is 0. The van der Waals surface area contributed by atoms with E-state index in [0.717, 1.165) is 31.2 Å². The summed E-state index contributed by atoms with van der Waals surface area (Å²) >= 11 is 0. The average Bonchev–Trinajstić information content (AvgIpc) is 2.30. The van der Waals surface area contributed by atoms with Crippen molar-refractivity contribution in [3.8, 4) is 11.5 Å². The Morgan fingerprint density at radius 3 is 2.44 bits per heavy atom. The van der Waals surface area contributed by atoms with E-state index in [9.17, 15) is 15.0 Å². The number of benzene rings is 1. The molecule has 0 aromatic heterocycles. The molecule has 1 aromatic rings. The summed E-state index contributed by atoms with van der Waals surface area (Å²) in [5.74, 6) is 0.586. The van der Waals surface area contributed by atoms with Gasteiger partial charge in [0.15, 0.2) is 0 Å². The van der Waals surface area contributed by atoms with E-state index in [0.29, 0.717) is 5.92 Å². The van der Waals surface area contributed by atoms with Crippen molar-refractivity contribution in [3.63, 3.8) is 0 Å². The molecule has 18 heavy (non-hydrogen) atoms. The molecule has 0 saturated heterocycles. The Morgan fingerprint density at radius 2 is 1.89 bits per heavy atom. The van der Waals surface area contributed by atoms with Gasteiger partial charge in [-0.1, -0.05) is 6.07 Å². The van der Waals surface area contributed by atoms with E-state index in [1.165, 1.54) is 13.0 Å². The van der Waals surface area contributed by atoms with Crippen molar-refractivity contribution in [1.82, 2.24) is 5.32 Å². The maximum atomic E-state index is 11.0. The molecule has 0 unspecified atom stereocenters. The average molecular weight is 249 g/mol. The lowest BCUT2D eigenvalue weighted by atomic mass is 9.81. The van der Waals surface area contributed by atoms with Gasteiger partial charge < -0.3 is 15.5 Å². The fourth-order valence-electron chi connectivity index (χ4n) is 2.71. The number of aromatic hydroxyl groups is 2. The fraction of sp³-hybridized carbons (Fsp3) is 0.500. The van der Waals surface area contributed by atoms with Crippen molar-refractivity contribution in [2.75, 3.05) is 0 Å². The van der Waals surface area contributed by atoms with E-state index in [1.54, 1.807) is 12.1 Å². The van der Waals surface area contributed by atoms with Gasteiger partial charge in [0.2, 0.25) is 5.91 Å².